The summed E-state index contributed by atoms with van der Waals surface area (Å²) in [6.45, 7) is 1.94. The molecule has 0 aromatic carbocycles. The fraction of sp³-hybridized carbons (Fsp3) is 0.286. The van der Waals surface area contributed by atoms with E-state index in [9.17, 15) is 0 Å². The fourth-order valence-electron chi connectivity index (χ4n) is 0.796. The largest absolute Gasteiger partial charge is 0.411 e. The lowest BCUT2D eigenvalue weighted by molar-refractivity contribution is 0.318. The number of rotatable bonds is 2. The molecule has 0 aliphatic heterocycles. The molecule has 0 aliphatic carbocycles. The number of nitrogens with two attached hydrogens (primary N) is 1. The number of nitrogen functional groups attached to an aromatic ring is 1. The average Bonchev–Trinajstić information content (AvgIpc) is 2.39. The van der Waals surface area contributed by atoms with Gasteiger partial charge in [0.25, 0.3) is 0 Å². The smallest absolute Gasteiger partial charge is 0.0965 e. The topological polar surface area (TPSA) is 58.6 Å². The van der Waals surface area contributed by atoms with Crippen LogP contribution in [0.5, 0.6) is 0 Å². The molecule has 0 fully saturated rings. The van der Waals surface area contributed by atoms with Gasteiger partial charge in [-0.1, -0.05) is 12.1 Å². The summed E-state index contributed by atoms with van der Waals surface area (Å²) in [6.07, 6.45) is 0.719. The highest BCUT2D eigenvalue weighted by atomic mass is 32.1. The molecule has 4 heteroatoms. The third-order valence-electron chi connectivity index (χ3n) is 1.36. The minimum atomic E-state index is 0.687. The number of hydrogen-bond donors (Lipinski definition) is 2. The van der Waals surface area contributed by atoms with E-state index in [4.69, 9.17) is 10.9 Å². The summed E-state index contributed by atoms with van der Waals surface area (Å²) < 4.78 is 0. The predicted octanol–water partition coefficient (Wildman–Crippen LogP) is 1.92. The Balaban J connectivity index is 2.91. The molecule has 1 heterocycles. The number of nitrogens with zero attached hydrogens (tertiary/aromatic N) is 1. The van der Waals surface area contributed by atoms with Crippen LogP contribution in [0.25, 0.3) is 0 Å². The normalized spacial score (nSPS) is 11.9. The first-order chi connectivity index (χ1) is 5.27. The van der Waals surface area contributed by atoms with Gasteiger partial charge in [-0.2, -0.15) is 0 Å². The van der Waals surface area contributed by atoms with Crippen LogP contribution in [-0.4, -0.2) is 10.9 Å². The second kappa shape index (κ2) is 3.39. The Bertz CT molecular complexity index is 267. The second-order valence-corrected chi connectivity index (χ2v) is 3.06. The summed E-state index contributed by atoms with van der Waals surface area (Å²) in [4.78, 5) is 0.938. The number of hydrogen-bond acceptors (Lipinski definition) is 4. The van der Waals surface area contributed by atoms with Gasteiger partial charge in [-0.25, -0.2) is 0 Å². The summed E-state index contributed by atoms with van der Waals surface area (Å²) in [7, 11) is 0. The zero-order chi connectivity index (χ0) is 8.27. The van der Waals surface area contributed by atoms with Crippen LogP contribution >= 0.6 is 11.3 Å². The van der Waals surface area contributed by atoms with E-state index in [-0.39, 0.29) is 0 Å². The zero-order valence-corrected chi connectivity index (χ0v) is 7.06. The van der Waals surface area contributed by atoms with Gasteiger partial charge in [-0.3, -0.25) is 0 Å². The molecule has 1 aromatic heterocycles. The summed E-state index contributed by atoms with van der Waals surface area (Å²) >= 11 is 1.49. The summed E-state index contributed by atoms with van der Waals surface area (Å²) in [5.74, 6) is 0. The molecule has 0 saturated heterocycles. The van der Waals surface area contributed by atoms with Crippen molar-refractivity contribution in [3.05, 3.63) is 16.3 Å². The van der Waals surface area contributed by atoms with Crippen molar-refractivity contribution in [1.82, 2.24) is 0 Å². The summed E-state index contributed by atoms with van der Waals surface area (Å²) in [5, 5.41) is 13.5. The molecule has 3 N–H and O–H groups in total. The lowest BCUT2D eigenvalue weighted by atomic mass is 10.2. The third-order valence-corrected chi connectivity index (χ3v) is 2.36. The molecule has 0 saturated carbocycles. The van der Waals surface area contributed by atoms with Crippen LogP contribution in [0, 0.1) is 0 Å². The molecule has 0 atom stereocenters. The standard InChI is InChI=1S/C7H10N2OS/c1-2-6(9-10)7-3-5(8)4-11-7/h3-4,10H,2,8H2,1H3/b9-6-. The van der Waals surface area contributed by atoms with Crippen LogP contribution in [0.1, 0.15) is 18.2 Å². The Labute approximate surface area is 69.2 Å². The van der Waals surface area contributed by atoms with Crippen LogP contribution < -0.4 is 5.73 Å². The zero-order valence-electron chi connectivity index (χ0n) is 6.24. The highest BCUT2D eigenvalue weighted by molar-refractivity contribution is 7.12. The molecule has 11 heavy (non-hydrogen) atoms. The van der Waals surface area contributed by atoms with Gasteiger partial charge in [0.1, 0.15) is 0 Å². The van der Waals surface area contributed by atoms with E-state index in [0.29, 0.717) is 5.71 Å². The molecule has 0 aliphatic rings. The molecular formula is C7H10N2OS. The van der Waals surface area contributed by atoms with E-state index >= 15 is 0 Å². The van der Waals surface area contributed by atoms with E-state index in [0.717, 1.165) is 17.0 Å². The van der Waals surface area contributed by atoms with Crippen LogP contribution in [0.3, 0.4) is 0 Å². The van der Waals surface area contributed by atoms with E-state index in [1.165, 1.54) is 11.3 Å². The van der Waals surface area contributed by atoms with Gasteiger partial charge in [-0.05, 0) is 12.5 Å². The number of thiophene rings is 1. The Morgan fingerprint density at radius 2 is 2.55 bits per heavy atom. The van der Waals surface area contributed by atoms with Gasteiger partial charge < -0.3 is 10.9 Å². The Hall–Kier alpha value is -1.03. The van der Waals surface area contributed by atoms with Crippen molar-refractivity contribution in [1.29, 1.82) is 0 Å². The summed E-state index contributed by atoms with van der Waals surface area (Å²) in [6, 6.07) is 1.81. The Kier molecular flexibility index (Phi) is 2.48. The van der Waals surface area contributed by atoms with E-state index in [1.807, 2.05) is 18.4 Å². The van der Waals surface area contributed by atoms with Gasteiger partial charge in [0, 0.05) is 11.1 Å². The van der Waals surface area contributed by atoms with Crippen molar-refractivity contribution in [2.75, 3.05) is 5.73 Å². The lowest BCUT2D eigenvalue weighted by Gasteiger charge is -1.93. The molecular weight excluding hydrogens is 160 g/mol. The lowest BCUT2D eigenvalue weighted by Crippen LogP contribution is -1.94. The van der Waals surface area contributed by atoms with Crippen LogP contribution in [0.2, 0.25) is 0 Å². The SMILES string of the molecule is CC/C(=N/O)c1cc(N)cs1. The molecule has 0 bridgehead atoms. The minimum absolute atomic E-state index is 0.687. The van der Waals surface area contributed by atoms with Crippen LogP contribution in [0.4, 0.5) is 5.69 Å². The molecule has 0 spiro atoms. The maximum atomic E-state index is 8.54. The van der Waals surface area contributed by atoms with E-state index in [1.54, 1.807) is 0 Å². The van der Waals surface area contributed by atoms with Crippen molar-refractivity contribution in [3.63, 3.8) is 0 Å². The first kappa shape index (κ1) is 8.07. The predicted molar refractivity (Wildman–Crippen MR) is 47.3 cm³/mol. The van der Waals surface area contributed by atoms with Gasteiger partial charge in [0.2, 0.25) is 0 Å². The third kappa shape index (κ3) is 1.71. The van der Waals surface area contributed by atoms with Gasteiger partial charge >= 0.3 is 0 Å². The van der Waals surface area contributed by atoms with Gasteiger partial charge in [0.15, 0.2) is 0 Å². The van der Waals surface area contributed by atoms with Crippen molar-refractivity contribution in [2.45, 2.75) is 13.3 Å². The molecule has 3 nitrogen and oxygen atoms in total. The first-order valence-corrected chi connectivity index (χ1v) is 4.21. The van der Waals surface area contributed by atoms with Crippen molar-refractivity contribution >= 4 is 22.7 Å². The molecule has 1 rings (SSSR count). The maximum Gasteiger partial charge on any atom is 0.0965 e. The van der Waals surface area contributed by atoms with Crippen molar-refractivity contribution < 1.29 is 5.21 Å². The molecule has 0 amide bonds. The Morgan fingerprint density at radius 1 is 1.82 bits per heavy atom. The van der Waals surface area contributed by atoms with Gasteiger partial charge in [0.05, 0.1) is 10.6 Å². The number of anilines is 1. The first-order valence-electron chi connectivity index (χ1n) is 3.33. The van der Waals surface area contributed by atoms with Crippen molar-refractivity contribution in [3.8, 4) is 0 Å². The fourth-order valence-corrected chi connectivity index (χ4v) is 1.65. The van der Waals surface area contributed by atoms with Crippen LogP contribution in [0.15, 0.2) is 16.6 Å². The summed E-state index contributed by atoms with van der Waals surface area (Å²) in [5.41, 5.74) is 6.91. The van der Waals surface area contributed by atoms with Crippen molar-refractivity contribution in [2.24, 2.45) is 5.16 Å². The van der Waals surface area contributed by atoms with E-state index < -0.39 is 0 Å². The highest BCUT2D eigenvalue weighted by Crippen LogP contribution is 2.18. The number of oxime groups is 1. The van der Waals surface area contributed by atoms with Crippen LogP contribution in [-0.2, 0) is 0 Å². The Morgan fingerprint density at radius 3 is 2.91 bits per heavy atom. The monoisotopic (exact) mass is 170 g/mol. The minimum Gasteiger partial charge on any atom is -0.411 e. The maximum absolute atomic E-state index is 8.54. The molecule has 0 radical (unpaired) electrons. The van der Waals surface area contributed by atoms with E-state index in [2.05, 4.69) is 5.16 Å². The van der Waals surface area contributed by atoms with Gasteiger partial charge in [-0.15, -0.1) is 11.3 Å². The average molecular weight is 170 g/mol. The molecule has 0 unspecified atom stereocenters. The molecule has 60 valence electrons. The quantitative estimate of drug-likeness (QED) is 0.404. The highest BCUT2D eigenvalue weighted by Gasteiger charge is 2.03. The second-order valence-electron chi connectivity index (χ2n) is 2.14. The molecule has 1 aromatic rings.